The van der Waals surface area contributed by atoms with Crippen molar-refractivity contribution in [2.45, 2.75) is 37.8 Å². The summed E-state index contributed by atoms with van der Waals surface area (Å²) in [5, 5.41) is 6.47. The van der Waals surface area contributed by atoms with Gasteiger partial charge in [0.25, 0.3) is 5.91 Å². The molecule has 0 radical (unpaired) electrons. The van der Waals surface area contributed by atoms with E-state index in [0.29, 0.717) is 34.9 Å². The highest BCUT2D eigenvalue weighted by Gasteiger charge is 2.25. The van der Waals surface area contributed by atoms with Crippen LogP contribution < -0.4 is 24.8 Å². The number of carbonyl (C=O) groups excluding carboxylic acids is 1. The monoisotopic (exact) mass is 485 g/mol. The summed E-state index contributed by atoms with van der Waals surface area (Å²) in [7, 11) is 3.11. The number of anilines is 1. The number of benzene rings is 1. The van der Waals surface area contributed by atoms with Gasteiger partial charge in [0.1, 0.15) is 11.3 Å². The van der Waals surface area contributed by atoms with Crippen molar-refractivity contribution in [3.63, 3.8) is 0 Å². The van der Waals surface area contributed by atoms with Gasteiger partial charge in [0.05, 0.1) is 20.3 Å². The van der Waals surface area contributed by atoms with Crippen LogP contribution in [-0.2, 0) is 0 Å². The zero-order valence-corrected chi connectivity index (χ0v) is 19.9. The minimum Gasteiger partial charge on any atom is -0.481 e. The second-order valence-corrected chi connectivity index (χ2v) is 7.71. The number of hydrogen-bond acceptors (Lipinski definition) is 8. The second-order valence-electron chi connectivity index (χ2n) is 7.71. The van der Waals surface area contributed by atoms with E-state index in [9.17, 15) is 4.79 Å². The number of hydrogen-bond donors (Lipinski definition) is 2. The molecule has 1 saturated carbocycles. The maximum absolute atomic E-state index is 12.9. The first-order chi connectivity index (χ1) is 16.1. The third-order valence-electron chi connectivity index (χ3n) is 5.47. The van der Waals surface area contributed by atoms with Crippen molar-refractivity contribution in [3.05, 3.63) is 60.3 Å². The first-order valence-corrected chi connectivity index (χ1v) is 10.9. The standard InChI is InChI=1S/C24H27N5O4.ClH/c1-31-20-15-21(32-2)29-24(28-20)27-17-12-10-16(11-13-17)26-22(30)19-9-6-14-25-23(19)33-18-7-4-3-5-8-18;/h3-9,14-17H,10-13H2,1-2H3,(H,26,30)(H,27,28,29);1H/t16-,17+;. The molecule has 9 nitrogen and oxygen atoms in total. The Bertz CT molecular complexity index is 1060. The van der Waals surface area contributed by atoms with Gasteiger partial charge in [-0.1, -0.05) is 18.2 Å². The van der Waals surface area contributed by atoms with Crippen LogP contribution >= 0.6 is 12.4 Å². The van der Waals surface area contributed by atoms with Crippen LogP contribution in [0.5, 0.6) is 23.4 Å². The summed E-state index contributed by atoms with van der Waals surface area (Å²) >= 11 is 0. The summed E-state index contributed by atoms with van der Waals surface area (Å²) in [5.41, 5.74) is 0.415. The highest BCUT2D eigenvalue weighted by Crippen LogP contribution is 2.26. The van der Waals surface area contributed by atoms with Gasteiger partial charge in [0.2, 0.25) is 23.6 Å². The van der Waals surface area contributed by atoms with Gasteiger partial charge in [0.15, 0.2) is 0 Å². The fourth-order valence-corrected chi connectivity index (χ4v) is 3.75. The van der Waals surface area contributed by atoms with Crippen molar-refractivity contribution in [1.29, 1.82) is 0 Å². The maximum atomic E-state index is 12.9. The molecule has 4 rings (SSSR count). The summed E-state index contributed by atoms with van der Waals surface area (Å²) in [6.07, 6.45) is 5.02. The fourth-order valence-electron chi connectivity index (χ4n) is 3.75. The Morgan fingerprint density at radius 3 is 2.21 bits per heavy atom. The summed E-state index contributed by atoms with van der Waals surface area (Å²) in [6.45, 7) is 0. The molecule has 1 fully saturated rings. The average molecular weight is 486 g/mol. The van der Waals surface area contributed by atoms with Crippen LogP contribution in [0.4, 0.5) is 5.95 Å². The third-order valence-corrected chi connectivity index (χ3v) is 5.47. The number of para-hydroxylation sites is 1. The summed E-state index contributed by atoms with van der Waals surface area (Å²) in [4.78, 5) is 25.9. The van der Waals surface area contributed by atoms with Gasteiger partial charge in [0, 0.05) is 18.3 Å². The van der Waals surface area contributed by atoms with Gasteiger partial charge in [-0.2, -0.15) is 9.97 Å². The Morgan fingerprint density at radius 2 is 1.56 bits per heavy atom. The highest BCUT2D eigenvalue weighted by atomic mass is 35.5. The number of nitrogens with zero attached hydrogens (tertiary/aromatic N) is 3. The normalized spacial score (nSPS) is 17.1. The lowest BCUT2D eigenvalue weighted by molar-refractivity contribution is 0.0923. The molecule has 0 bridgehead atoms. The largest absolute Gasteiger partial charge is 0.481 e. The quantitative estimate of drug-likeness (QED) is 0.487. The van der Waals surface area contributed by atoms with E-state index in [1.54, 1.807) is 38.6 Å². The van der Waals surface area contributed by atoms with Crippen LogP contribution in [0.3, 0.4) is 0 Å². The number of amides is 1. The number of ether oxygens (including phenoxy) is 3. The van der Waals surface area contributed by atoms with E-state index in [2.05, 4.69) is 25.6 Å². The SMILES string of the molecule is COc1cc(OC)nc(N[C@H]2CC[C@@H](NC(=O)c3cccnc3Oc3ccccc3)CC2)n1.Cl. The molecule has 1 aliphatic rings. The number of pyridine rings is 1. The van der Waals surface area contributed by atoms with E-state index in [0.717, 1.165) is 25.7 Å². The van der Waals surface area contributed by atoms with Gasteiger partial charge < -0.3 is 24.8 Å². The predicted octanol–water partition coefficient (Wildman–Crippen LogP) is 4.26. The summed E-state index contributed by atoms with van der Waals surface area (Å²) < 4.78 is 16.2. The topological polar surface area (TPSA) is 107 Å². The average Bonchev–Trinajstić information content (AvgIpc) is 2.86. The van der Waals surface area contributed by atoms with Crippen LogP contribution in [0, 0.1) is 0 Å². The van der Waals surface area contributed by atoms with Crippen molar-refractivity contribution >= 4 is 24.3 Å². The number of nitrogens with one attached hydrogen (secondary N) is 2. The lowest BCUT2D eigenvalue weighted by Gasteiger charge is -2.29. The van der Waals surface area contributed by atoms with Crippen molar-refractivity contribution in [2.75, 3.05) is 19.5 Å². The molecule has 2 N–H and O–H groups in total. The number of carbonyl (C=O) groups is 1. The van der Waals surface area contributed by atoms with Crippen LogP contribution in [0.25, 0.3) is 0 Å². The van der Waals surface area contributed by atoms with Gasteiger partial charge in [-0.25, -0.2) is 4.98 Å². The van der Waals surface area contributed by atoms with Crippen molar-refractivity contribution in [2.24, 2.45) is 0 Å². The van der Waals surface area contributed by atoms with Gasteiger partial charge >= 0.3 is 0 Å². The van der Waals surface area contributed by atoms with Crippen molar-refractivity contribution in [3.8, 4) is 23.4 Å². The number of methoxy groups -OCH3 is 2. The first-order valence-electron chi connectivity index (χ1n) is 10.9. The number of rotatable bonds is 8. The Hall–Kier alpha value is -3.59. The lowest BCUT2D eigenvalue weighted by atomic mass is 9.91. The minimum absolute atomic E-state index is 0. The molecule has 0 aliphatic heterocycles. The molecular weight excluding hydrogens is 458 g/mol. The Morgan fingerprint density at radius 1 is 0.912 bits per heavy atom. The molecule has 0 spiro atoms. The molecule has 180 valence electrons. The van der Waals surface area contributed by atoms with E-state index in [4.69, 9.17) is 14.2 Å². The fraction of sp³-hybridized carbons (Fsp3) is 0.333. The van der Waals surface area contributed by atoms with Crippen molar-refractivity contribution in [1.82, 2.24) is 20.3 Å². The lowest BCUT2D eigenvalue weighted by Crippen LogP contribution is -2.40. The zero-order valence-electron chi connectivity index (χ0n) is 19.1. The Kier molecular flexibility index (Phi) is 8.86. The van der Waals surface area contributed by atoms with E-state index >= 15 is 0 Å². The van der Waals surface area contributed by atoms with Crippen LogP contribution in [0.2, 0.25) is 0 Å². The first kappa shape index (κ1) is 25.0. The highest BCUT2D eigenvalue weighted by molar-refractivity contribution is 5.96. The molecule has 1 amide bonds. The van der Waals surface area contributed by atoms with E-state index < -0.39 is 0 Å². The van der Waals surface area contributed by atoms with E-state index in [1.807, 2.05) is 30.3 Å². The van der Waals surface area contributed by atoms with E-state index in [1.165, 1.54) is 0 Å². The van der Waals surface area contributed by atoms with Gasteiger partial charge in [-0.3, -0.25) is 4.79 Å². The molecule has 2 aromatic heterocycles. The van der Waals surface area contributed by atoms with Crippen LogP contribution in [-0.4, -0.2) is 47.2 Å². The Labute approximate surface area is 204 Å². The molecule has 3 aromatic rings. The number of halogens is 1. The third kappa shape index (κ3) is 6.48. The smallest absolute Gasteiger partial charge is 0.257 e. The maximum Gasteiger partial charge on any atom is 0.257 e. The van der Waals surface area contributed by atoms with Gasteiger partial charge in [-0.05, 0) is 49.9 Å². The molecular formula is C24H28ClN5O4. The predicted molar refractivity (Wildman–Crippen MR) is 130 cm³/mol. The summed E-state index contributed by atoms with van der Waals surface area (Å²) in [5.74, 6) is 2.09. The van der Waals surface area contributed by atoms with E-state index in [-0.39, 0.29) is 30.4 Å². The van der Waals surface area contributed by atoms with Gasteiger partial charge in [-0.15, -0.1) is 12.4 Å². The zero-order chi connectivity index (χ0) is 23.0. The molecule has 0 unspecified atom stereocenters. The summed E-state index contributed by atoms with van der Waals surface area (Å²) in [6, 6.07) is 14.7. The number of aromatic nitrogens is 3. The molecule has 2 heterocycles. The molecule has 34 heavy (non-hydrogen) atoms. The van der Waals surface area contributed by atoms with Crippen molar-refractivity contribution < 1.29 is 19.0 Å². The minimum atomic E-state index is -0.189. The molecule has 1 aliphatic carbocycles. The van der Waals surface area contributed by atoms with Crippen LogP contribution in [0.1, 0.15) is 36.0 Å². The second kappa shape index (κ2) is 12.0. The molecule has 10 heteroatoms. The molecule has 0 saturated heterocycles. The Balaban J connectivity index is 0.00000324. The molecule has 0 atom stereocenters. The van der Waals surface area contributed by atoms with Crippen LogP contribution in [0.15, 0.2) is 54.7 Å². The molecule has 1 aromatic carbocycles.